The molecule has 0 saturated heterocycles. The Labute approximate surface area is 126 Å². The summed E-state index contributed by atoms with van der Waals surface area (Å²) in [6.07, 6.45) is 6.12. The first-order chi connectivity index (χ1) is 10.4. The molecule has 0 fully saturated rings. The predicted octanol–water partition coefficient (Wildman–Crippen LogP) is 4.50. The van der Waals surface area contributed by atoms with Crippen molar-refractivity contribution in [3.63, 3.8) is 0 Å². The summed E-state index contributed by atoms with van der Waals surface area (Å²) in [5.41, 5.74) is 5.69. The van der Waals surface area contributed by atoms with Crippen LogP contribution in [0.2, 0.25) is 0 Å². The van der Waals surface area contributed by atoms with E-state index < -0.39 is 0 Å². The first-order valence-electron chi connectivity index (χ1n) is 8.01. The number of ether oxygens (including phenoxy) is 1. The summed E-state index contributed by atoms with van der Waals surface area (Å²) in [6.45, 7) is 0.795. The van der Waals surface area contributed by atoms with Gasteiger partial charge in [-0.1, -0.05) is 30.3 Å². The van der Waals surface area contributed by atoms with E-state index in [1.54, 1.807) is 0 Å². The quantitative estimate of drug-likeness (QED) is 0.874. The van der Waals surface area contributed by atoms with Crippen molar-refractivity contribution in [3.8, 4) is 5.75 Å². The minimum absolute atomic E-state index is 0.364. The molecule has 0 radical (unpaired) electrons. The van der Waals surface area contributed by atoms with Crippen LogP contribution in [-0.4, -0.2) is 6.61 Å². The van der Waals surface area contributed by atoms with Crippen LogP contribution in [0.5, 0.6) is 5.75 Å². The van der Waals surface area contributed by atoms with Gasteiger partial charge in [0, 0.05) is 17.7 Å². The summed E-state index contributed by atoms with van der Waals surface area (Å²) < 4.78 is 5.76. The summed E-state index contributed by atoms with van der Waals surface area (Å²) in [5.74, 6) is 1.03. The van der Waals surface area contributed by atoms with Crippen LogP contribution in [0.3, 0.4) is 0 Å². The number of rotatable bonds is 2. The molecule has 1 N–H and O–H groups in total. The zero-order chi connectivity index (χ0) is 14.1. The van der Waals surface area contributed by atoms with Crippen molar-refractivity contribution in [2.45, 2.75) is 38.1 Å². The minimum atomic E-state index is 0.364. The Morgan fingerprint density at radius 2 is 1.86 bits per heavy atom. The molecule has 4 rings (SSSR count). The molecule has 2 aromatic rings. The highest BCUT2D eigenvalue weighted by Crippen LogP contribution is 2.36. The van der Waals surface area contributed by atoms with E-state index in [0.29, 0.717) is 6.04 Å². The van der Waals surface area contributed by atoms with E-state index in [1.165, 1.54) is 48.1 Å². The average molecular weight is 279 g/mol. The van der Waals surface area contributed by atoms with Gasteiger partial charge in [-0.15, -0.1) is 0 Å². The number of benzene rings is 2. The fourth-order valence-corrected chi connectivity index (χ4v) is 3.60. The number of nitrogens with one attached hydrogen (secondary N) is 1. The molecule has 0 amide bonds. The third-order valence-electron chi connectivity index (χ3n) is 4.68. The SMILES string of the molecule is c1cc2c(c(NC3CCOc4ccccc43)c1)CCCC2. The predicted molar refractivity (Wildman–Crippen MR) is 86.0 cm³/mol. The van der Waals surface area contributed by atoms with Crippen molar-refractivity contribution >= 4 is 5.69 Å². The molecular weight excluding hydrogens is 258 g/mol. The van der Waals surface area contributed by atoms with Crippen LogP contribution in [-0.2, 0) is 12.8 Å². The van der Waals surface area contributed by atoms with E-state index in [1.807, 2.05) is 6.07 Å². The molecule has 0 saturated carbocycles. The molecular formula is C19H21NO. The van der Waals surface area contributed by atoms with Gasteiger partial charge >= 0.3 is 0 Å². The first-order valence-corrected chi connectivity index (χ1v) is 8.01. The largest absolute Gasteiger partial charge is 0.493 e. The number of fused-ring (bicyclic) bond motifs is 2. The molecule has 2 aliphatic rings. The van der Waals surface area contributed by atoms with Crippen molar-refractivity contribution in [3.05, 3.63) is 59.2 Å². The highest BCUT2D eigenvalue weighted by Gasteiger charge is 2.22. The first kappa shape index (κ1) is 12.8. The van der Waals surface area contributed by atoms with Crippen molar-refractivity contribution in [2.24, 2.45) is 0 Å². The molecule has 2 aromatic carbocycles. The normalized spacial score (nSPS) is 20.1. The van der Waals surface area contributed by atoms with Crippen LogP contribution in [0.4, 0.5) is 5.69 Å². The third-order valence-corrected chi connectivity index (χ3v) is 4.68. The van der Waals surface area contributed by atoms with Gasteiger partial charge in [-0.3, -0.25) is 0 Å². The van der Waals surface area contributed by atoms with Crippen LogP contribution in [0, 0.1) is 0 Å². The van der Waals surface area contributed by atoms with E-state index in [9.17, 15) is 0 Å². The van der Waals surface area contributed by atoms with Gasteiger partial charge in [0.15, 0.2) is 0 Å². The molecule has 1 unspecified atom stereocenters. The molecule has 1 atom stereocenters. The Balaban J connectivity index is 1.66. The lowest BCUT2D eigenvalue weighted by atomic mass is 9.90. The maximum Gasteiger partial charge on any atom is 0.124 e. The van der Waals surface area contributed by atoms with Gasteiger partial charge in [-0.25, -0.2) is 0 Å². The number of anilines is 1. The van der Waals surface area contributed by atoms with Crippen molar-refractivity contribution in [1.82, 2.24) is 0 Å². The van der Waals surface area contributed by atoms with Crippen molar-refractivity contribution in [2.75, 3.05) is 11.9 Å². The lowest BCUT2D eigenvalue weighted by Gasteiger charge is -2.29. The van der Waals surface area contributed by atoms with E-state index in [-0.39, 0.29) is 0 Å². The van der Waals surface area contributed by atoms with Crippen LogP contribution >= 0.6 is 0 Å². The number of hydrogen-bond acceptors (Lipinski definition) is 2. The molecule has 108 valence electrons. The van der Waals surface area contributed by atoms with Crippen LogP contribution in [0.15, 0.2) is 42.5 Å². The van der Waals surface area contributed by atoms with Gasteiger partial charge < -0.3 is 10.1 Å². The van der Waals surface area contributed by atoms with E-state index in [2.05, 4.69) is 41.7 Å². The lowest BCUT2D eigenvalue weighted by molar-refractivity contribution is 0.274. The average Bonchev–Trinajstić information content (AvgIpc) is 2.56. The molecule has 2 heteroatoms. The highest BCUT2D eigenvalue weighted by atomic mass is 16.5. The van der Waals surface area contributed by atoms with Crippen LogP contribution in [0.25, 0.3) is 0 Å². The lowest BCUT2D eigenvalue weighted by Crippen LogP contribution is -2.21. The maximum absolute atomic E-state index is 5.76. The molecule has 0 spiro atoms. The highest BCUT2D eigenvalue weighted by molar-refractivity contribution is 5.57. The zero-order valence-corrected chi connectivity index (χ0v) is 12.3. The molecule has 0 bridgehead atoms. The Morgan fingerprint density at radius 3 is 2.86 bits per heavy atom. The van der Waals surface area contributed by atoms with Gasteiger partial charge in [0.1, 0.15) is 5.75 Å². The summed E-state index contributed by atoms with van der Waals surface area (Å²) in [4.78, 5) is 0. The van der Waals surface area contributed by atoms with Gasteiger partial charge in [0.05, 0.1) is 12.6 Å². The van der Waals surface area contributed by atoms with Gasteiger partial charge in [-0.2, -0.15) is 0 Å². The Bertz CT molecular complexity index is 650. The van der Waals surface area contributed by atoms with Gasteiger partial charge in [0.25, 0.3) is 0 Å². The molecule has 1 aliphatic carbocycles. The van der Waals surface area contributed by atoms with Crippen LogP contribution < -0.4 is 10.1 Å². The van der Waals surface area contributed by atoms with E-state index in [0.717, 1.165) is 18.8 Å². The summed E-state index contributed by atoms with van der Waals surface area (Å²) in [7, 11) is 0. The van der Waals surface area contributed by atoms with Crippen LogP contribution in [0.1, 0.15) is 42.0 Å². The second kappa shape index (κ2) is 5.44. The number of hydrogen-bond donors (Lipinski definition) is 1. The Kier molecular flexibility index (Phi) is 3.30. The molecule has 1 aliphatic heterocycles. The summed E-state index contributed by atoms with van der Waals surface area (Å²) >= 11 is 0. The smallest absolute Gasteiger partial charge is 0.124 e. The Hall–Kier alpha value is -1.96. The number of aryl methyl sites for hydroxylation is 1. The van der Waals surface area contributed by atoms with E-state index >= 15 is 0 Å². The molecule has 21 heavy (non-hydrogen) atoms. The van der Waals surface area contributed by atoms with Crippen molar-refractivity contribution < 1.29 is 4.74 Å². The molecule has 2 nitrogen and oxygen atoms in total. The number of para-hydroxylation sites is 1. The fourth-order valence-electron chi connectivity index (χ4n) is 3.60. The molecule has 1 heterocycles. The summed E-state index contributed by atoms with van der Waals surface area (Å²) in [6, 6.07) is 15.5. The fraction of sp³-hybridized carbons (Fsp3) is 0.368. The monoisotopic (exact) mass is 279 g/mol. The van der Waals surface area contributed by atoms with Crippen molar-refractivity contribution in [1.29, 1.82) is 0 Å². The van der Waals surface area contributed by atoms with Gasteiger partial charge in [0.2, 0.25) is 0 Å². The molecule has 0 aromatic heterocycles. The second-order valence-electron chi connectivity index (χ2n) is 6.02. The van der Waals surface area contributed by atoms with Gasteiger partial charge in [-0.05, 0) is 48.9 Å². The second-order valence-corrected chi connectivity index (χ2v) is 6.02. The standard InChI is InChI=1S/C19H21NO/c1-2-8-15-14(6-1)7-5-10-17(15)20-18-12-13-21-19-11-4-3-9-16(18)19/h3-5,7,9-11,18,20H,1-2,6,8,12-13H2. The Morgan fingerprint density at radius 1 is 0.952 bits per heavy atom. The third kappa shape index (κ3) is 2.39. The minimum Gasteiger partial charge on any atom is -0.493 e. The topological polar surface area (TPSA) is 21.3 Å². The maximum atomic E-state index is 5.76. The van der Waals surface area contributed by atoms with E-state index in [4.69, 9.17) is 4.74 Å². The summed E-state index contributed by atoms with van der Waals surface area (Å²) in [5, 5.41) is 3.79. The zero-order valence-electron chi connectivity index (χ0n) is 12.3.